The van der Waals surface area contributed by atoms with Gasteiger partial charge in [-0.25, -0.2) is 13.2 Å². The van der Waals surface area contributed by atoms with E-state index < -0.39 is 45.8 Å². The number of aryl methyl sites for hydroxylation is 1. The molecule has 1 amide bonds. The van der Waals surface area contributed by atoms with Crippen molar-refractivity contribution < 1.29 is 23.1 Å². The fourth-order valence-corrected chi connectivity index (χ4v) is 6.63. The van der Waals surface area contributed by atoms with Crippen molar-refractivity contribution in [1.82, 2.24) is 9.62 Å². The second-order valence-electron chi connectivity index (χ2n) is 8.50. The average molecular weight is 527 g/mol. The molecule has 0 saturated heterocycles. The summed E-state index contributed by atoms with van der Waals surface area (Å²) in [5.74, 6) is -1.89. The van der Waals surface area contributed by atoms with Crippen molar-refractivity contribution in [3.05, 3.63) is 106 Å². The van der Waals surface area contributed by atoms with E-state index in [0.717, 1.165) is 20.3 Å². The maximum absolute atomic E-state index is 13.9. The Bertz CT molecular complexity index is 1270. The van der Waals surface area contributed by atoms with Gasteiger partial charge in [-0.15, -0.1) is 17.9 Å². The van der Waals surface area contributed by atoms with Crippen molar-refractivity contribution in [3.63, 3.8) is 0 Å². The molecule has 0 aliphatic carbocycles. The van der Waals surface area contributed by atoms with Crippen LogP contribution in [0.25, 0.3) is 0 Å². The van der Waals surface area contributed by atoms with E-state index in [-0.39, 0.29) is 6.42 Å². The first-order chi connectivity index (χ1) is 17.1. The smallest absolute Gasteiger partial charge is 0.326 e. The normalized spacial score (nSPS) is 14.1. The molecule has 0 fully saturated rings. The van der Waals surface area contributed by atoms with E-state index in [4.69, 9.17) is 0 Å². The summed E-state index contributed by atoms with van der Waals surface area (Å²) in [7, 11) is -4.10. The van der Waals surface area contributed by atoms with Crippen molar-refractivity contribution in [3.8, 4) is 0 Å². The highest BCUT2D eigenvalue weighted by Gasteiger charge is 2.37. The Morgan fingerprint density at radius 3 is 2.31 bits per heavy atom. The van der Waals surface area contributed by atoms with E-state index in [9.17, 15) is 23.1 Å². The number of thiophene rings is 1. The zero-order valence-electron chi connectivity index (χ0n) is 20.2. The summed E-state index contributed by atoms with van der Waals surface area (Å²) in [6.07, 6.45) is 1.43. The summed E-state index contributed by atoms with van der Waals surface area (Å²) in [6, 6.07) is 17.8. The molecule has 0 aliphatic heterocycles. The number of amides is 1. The molecule has 7 nitrogen and oxygen atoms in total. The lowest BCUT2D eigenvalue weighted by Gasteiger charge is -2.31. The molecule has 0 saturated carbocycles. The molecule has 2 unspecified atom stereocenters. The van der Waals surface area contributed by atoms with Crippen LogP contribution in [0.3, 0.4) is 0 Å². The molecule has 3 rings (SSSR count). The third-order valence-electron chi connectivity index (χ3n) is 5.87. The molecule has 2 aromatic carbocycles. The average Bonchev–Trinajstić information content (AvgIpc) is 3.39. The molecule has 0 bridgehead atoms. The summed E-state index contributed by atoms with van der Waals surface area (Å²) >= 11 is 1.38. The molecule has 0 aliphatic rings. The third kappa shape index (κ3) is 6.69. The molecular formula is C27H30N2O5S2. The van der Waals surface area contributed by atoms with Gasteiger partial charge in [0.05, 0.1) is 12.6 Å². The Kier molecular flexibility index (Phi) is 9.19. The van der Waals surface area contributed by atoms with Gasteiger partial charge in [-0.3, -0.25) is 4.79 Å². The third-order valence-corrected chi connectivity index (χ3v) is 9.12. The molecule has 0 radical (unpaired) electrons. The van der Waals surface area contributed by atoms with Crippen LogP contribution in [0.15, 0.2) is 84.8 Å². The number of benzene rings is 2. The van der Waals surface area contributed by atoms with Crippen LogP contribution in [-0.2, 0) is 26.0 Å². The molecular weight excluding hydrogens is 496 g/mol. The van der Waals surface area contributed by atoms with Crippen molar-refractivity contribution in [1.29, 1.82) is 0 Å². The van der Waals surface area contributed by atoms with Crippen LogP contribution in [0.4, 0.5) is 0 Å². The predicted molar refractivity (Wildman–Crippen MR) is 142 cm³/mol. The predicted octanol–water partition coefficient (Wildman–Crippen LogP) is 4.49. The van der Waals surface area contributed by atoms with Crippen LogP contribution in [0.2, 0.25) is 0 Å². The molecule has 1 aromatic heterocycles. The summed E-state index contributed by atoms with van der Waals surface area (Å²) in [5.41, 5.74) is 2.26. The highest BCUT2D eigenvalue weighted by Crippen LogP contribution is 2.34. The molecule has 1 heterocycles. The van der Waals surface area contributed by atoms with Crippen molar-refractivity contribution in [2.45, 2.75) is 37.6 Å². The van der Waals surface area contributed by atoms with Crippen molar-refractivity contribution in [2.24, 2.45) is 0 Å². The van der Waals surface area contributed by atoms with E-state index in [2.05, 4.69) is 11.9 Å². The summed E-state index contributed by atoms with van der Waals surface area (Å²) < 4.78 is 28.9. The molecule has 3 aromatic rings. The molecule has 190 valence electrons. The maximum Gasteiger partial charge on any atom is 0.326 e. The van der Waals surface area contributed by atoms with Gasteiger partial charge in [0, 0.05) is 11.3 Å². The van der Waals surface area contributed by atoms with Gasteiger partial charge in [-0.2, -0.15) is 4.31 Å². The highest BCUT2D eigenvalue weighted by molar-refractivity contribution is 7.89. The number of carbonyl (C=O) groups excluding carboxylic acids is 1. The lowest BCUT2D eigenvalue weighted by atomic mass is 10.1. The quantitative estimate of drug-likeness (QED) is 0.339. The summed E-state index contributed by atoms with van der Waals surface area (Å²) in [4.78, 5) is 25.7. The monoisotopic (exact) mass is 526 g/mol. The van der Waals surface area contributed by atoms with Crippen LogP contribution in [0.1, 0.15) is 39.8 Å². The lowest BCUT2D eigenvalue weighted by Crippen LogP contribution is -2.48. The van der Waals surface area contributed by atoms with Crippen LogP contribution < -0.4 is 5.32 Å². The topological polar surface area (TPSA) is 104 Å². The minimum absolute atomic E-state index is 0.0772. The van der Waals surface area contributed by atoms with Gasteiger partial charge in [0.1, 0.15) is 11.3 Å². The standard InChI is InChI=1S/C27H30N2O5S2/c1-4-25(22-14-12-19(2)13-15-22)36(33,34)29(20(3)24-11-8-16-35-24)18-26(30)28-23(27(31)32)17-21-9-6-5-7-10-21/h4-16,20,23,25H,1,17-18H2,2-3H3,(H,28,30)(H,31,32)/t20?,23-,25?/m0/s1. The number of carbonyl (C=O) groups is 2. The Balaban J connectivity index is 1.90. The Morgan fingerprint density at radius 1 is 1.08 bits per heavy atom. The number of carboxylic acid groups (broad SMARTS) is 1. The number of sulfonamides is 1. The second kappa shape index (κ2) is 12.1. The number of hydrogen-bond acceptors (Lipinski definition) is 5. The number of carboxylic acids is 1. The highest BCUT2D eigenvalue weighted by atomic mass is 32.2. The first-order valence-electron chi connectivity index (χ1n) is 11.4. The SMILES string of the molecule is C=CC(c1ccc(C)cc1)S(=O)(=O)N(CC(=O)N[C@@H](Cc1ccccc1)C(=O)O)C(C)c1cccs1. The van der Waals surface area contributed by atoms with Crippen molar-refractivity contribution >= 4 is 33.2 Å². The minimum atomic E-state index is -4.10. The lowest BCUT2D eigenvalue weighted by molar-refractivity contribution is -0.141. The van der Waals surface area contributed by atoms with Gasteiger partial charge in [0.25, 0.3) is 0 Å². The molecule has 3 atom stereocenters. The van der Waals surface area contributed by atoms with Crippen LogP contribution in [0, 0.1) is 6.92 Å². The number of nitrogens with zero attached hydrogens (tertiary/aromatic N) is 1. The van der Waals surface area contributed by atoms with E-state index in [1.807, 2.05) is 36.6 Å². The van der Waals surface area contributed by atoms with Gasteiger partial charge in [0.15, 0.2) is 0 Å². The fraction of sp³-hybridized carbons (Fsp3) is 0.259. The van der Waals surface area contributed by atoms with E-state index in [1.165, 1.54) is 17.4 Å². The van der Waals surface area contributed by atoms with Crippen LogP contribution >= 0.6 is 11.3 Å². The zero-order valence-corrected chi connectivity index (χ0v) is 21.8. The van der Waals surface area contributed by atoms with Crippen LogP contribution in [0.5, 0.6) is 0 Å². The van der Waals surface area contributed by atoms with E-state index in [0.29, 0.717) is 5.56 Å². The Morgan fingerprint density at radius 2 is 1.75 bits per heavy atom. The van der Waals surface area contributed by atoms with Gasteiger partial charge in [-0.1, -0.05) is 72.3 Å². The number of nitrogens with one attached hydrogen (secondary N) is 1. The number of rotatable bonds is 12. The summed E-state index contributed by atoms with van der Waals surface area (Å²) in [6.45, 7) is 6.84. The fourth-order valence-electron chi connectivity index (χ4n) is 3.88. The Labute approximate surface area is 216 Å². The Hall–Kier alpha value is -3.27. The molecule has 0 spiro atoms. The largest absolute Gasteiger partial charge is 0.480 e. The van der Waals surface area contributed by atoms with Crippen molar-refractivity contribution in [2.75, 3.05) is 6.54 Å². The van der Waals surface area contributed by atoms with Gasteiger partial charge in [0.2, 0.25) is 15.9 Å². The first kappa shape index (κ1) is 27.3. The maximum atomic E-state index is 13.9. The first-order valence-corrected chi connectivity index (χ1v) is 13.8. The van der Waals surface area contributed by atoms with Gasteiger partial charge in [-0.05, 0) is 36.4 Å². The number of hydrogen-bond donors (Lipinski definition) is 2. The zero-order chi connectivity index (χ0) is 26.3. The van der Waals surface area contributed by atoms with Crippen LogP contribution in [-0.4, -0.2) is 42.3 Å². The summed E-state index contributed by atoms with van der Waals surface area (Å²) in [5, 5.41) is 12.9. The minimum Gasteiger partial charge on any atom is -0.480 e. The molecule has 36 heavy (non-hydrogen) atoms. The van der Waals surface area contributed by atoms with E-state index >= 15 is 0 Å². The molecule has 9 heteroatoms. The second-order valence-corrected chi connectivity index (χ2v) is 11.5. The van der Waals surface area contributed by atoms with E-state index in [1.54, 1.807) is 49.4 Å². The van der Waals surface area contributed by atoms with Gasteiger partial charge >= 0.3 is 5.97 Å². The van der Waals surface area contributed by atoms with Gasteiger partial charge < -0.3 is 10.4 Å². The molecule has 2 N–H and O–H groups in total. The number of aliphatic carboxylic acids is 1.